The Hall–Kier alpha value is -2.23. The largest absolute Gasteiger partial charge is 0.494 e. The summed E-state index contributed by atoms with van der Waals surface area (Å²) in [5.41, 5.74) is -0.865. The van der Waals surface area contributed by atoms with E-state index in [0.29, 0.717) is 24.8 Å². The van der Waals surface area contributed by atoms with E-state index in [1.807, 2.05) is 6.92 Å². The van der Waals surface area contributed by atoms with Crippen molar-refractivity contribution in [2.75, 3.05) is 6.61 Å². The predicted molar refractivity (Wildman–Crippen MR) is 146 cm³/mol. The topological polar surface area (TPSA) is 102 Å². The van der Waals surface area contributed by atoms with Crippen LogP contribution in [0.1, 0.15) is 78.7 Å². The van der Waals surface area contributed by atoms with Gasteiger partial charge < -0.3 is 29.1 Å². The van der Waals surface area contributed by atoms with Crippen LogP contribution < -0.4 is 10.2 Å². The molecule has 0 aromatic heterocycles. The van der Waals surface area contributed by atoms with Crippen molar-refractivity contribution in [3.8, 4) is 5.75 Å². The van der Waals surface area contributed by atoms with E-state index in [1.54, 1.807) is 19.1 Å². The Bertz CT molecular complexity index is 1130. The molecule has 2 saturated carbocycles. The maximum Gasteiger partial charge on any atom is 0.494 e. The van der Waals surface area contributed by atoms with Crippen molar-refractivity contribution in [1.29, 1.82) is 0 Å². The molecule has 0 spiro atoms. The van der Waals surface area contributed by atoms with Gasteiger partial charge >= 0.3 is 13.1 Å². The van der Waals surface area contributed by atoms with Crippen LogP contribution in [0.4, 0.5) is 4.39 Å². The first-order valence-electron chi connectivity index (χ1n) is 14.0. The number of carbonyl (C=O) groups excluding carboxylic acids is 2. The number of halogens is 1. The molecule has 9 heteroatoms. The van der Waals surface area contributed by atoms with Crippen LogP contribution >= 0.6 is 0 Å². The second-order valence-electron chi connectivity index (χ2n) is 12.7. The van der Waals surface area contributed by atoms with Crippen LogP contribution in [0.3, 0.4) is 0 Å². The van der Waals surface area contributed by atoms with Crippen LogP contribution in [0.15, 0.2) is 24.8 Å². The van der Waals surface area contributed by atoms with Gasteiger partial charge in [0.1, 0.15) is 11.9 Å². The summed E-state index contributed by atoms with van der Waals surface area (Å²) in [4.78, 5) is 25.2. The minimum Gasteiger partial charge on any atom is -0.479 e. The van der Waals surface area contributed by atoms with Crippen LogP contribution in [0.5, 0.6) is 5.75 Å². The van der Waals surface area contributed by atoms with Gasteiger partial charge in [-0.05, 0) is 67.9 Å². The van der Waals surface area contributed by atoms with Crippen LogP contribution in [-0.2, 0) is 25.6 Å². The maximum atomic E-state index is 14.9. The number of hydrogen-bond donors (Lipinski definition) is 2. The molecule has 2 N–H and O–H groups in total. The van der Waals surface area contributed by atoms with Crippen molar-refractivity contribution in [3.63, 3.8) is 0 Å². The number of hydrogen-bond acceptors (Lipinski definition) is 7. The molecule has 214 valence electrons. The molecule has 0 radical (unpaired) electrons. The van der Waals surface area contributed by atoms with Crippen molar-refractivity contribution in [1.82, 2.24) is 0 Å². The number of ether oxygens (including phenoxy) is 2. The van der Waals surface area contributed by atoms with Gasteiger partial charge in [-0.2, -0.15) is 0 Å². The molecule has 7 nitrogen and oxygen atoms in total. The van der Waals surface area contributed by atoms with E-state index in [4.69, 9.17) is 14.1 Å². The second-order valence-corrected chi connectivity index (χ2v) is 12.7. The summed E-state index contributed by atoms with van der Waals surface area (Å²) < 4.78 is 31.6. The van der Waals surface area contributed by atoms with Gasteiger partial charge in [-0.1, -0.05) is 39.8 Å². The molecule has 3 aliphatic rings. The third kappa shape index (κ3) is 5.42. The molecule has 2 fully saturated rings. The zero-order valence-electron chi connectivity index (χ0n) is 23.8. The number of Topliss-reactive ketones (excluding diaryl/α,β-unsaturated/α-hetero) is 1. The highest BCUT2D eigenvalue weighted by molar-refractivity contribution is 6.61. The number of aliphatic hydroxyl groups excluding tert-OH is 1. The molecule has 7 atom stereocenters. The Balaban J connectivity index is 1.59. The number of fused-ring (bicyclic) bond motifs is 3. The lowest BCUT2D eigenvalue weighted by Crippen LogP contribution is -2.58. The van der Waals surface area contributed by atoms with Gasteiger partial charge in [-0.15, -0.1) is 6.58 Å². The summed E-state index contributed by atoms with van der Waals surface area (Å²) in [6.45, 7) is 13.6. The molecule has 1 heterocycles. The van der Waals surface area contributed by atoms with Crippen molar-refractivity contribution >= 4 is 24.3 Å². The maximum absolute atomic E-state index is 14.9. The van der Waals surface area contributed by atoms with E-state index in [-0.39, 0.29) is 40.9 Å². The summed E-state index contributed by atoms with van der Waals surface area (Å²) in [5.74, 6) is -1.27. The Kier molecular flexibility index (Phi) is 8.37. The van der Waals surface area contributed by atoms with Gasteiger partial charge in [0.2, 0.25) is 0 Å². The quantitative estimate of drug-likeness (QED) is 0.289. The van der Waals surface area contributed by atoms with Gasteiger partial charge in [0.25, 0.3) is 0 Å². The first-order valence-corrected chi connectivity index (χ1v) is 14.0. The highest BCUT2D eigenvalue weighted by Gasteiger charge is 2.58. The average Bonchev–Trinajstić information content (AvgIpc) is 3.28. The van der Waals surface area contributed by atoms with Crippen molar-refractivity contribution in [3.05, 3.63) is 36.2 Å². The number of benzene rings is 1. The van der Waals surface area contributed by atoms with E-state index in [0.717, 1.165) is 19.3 Å². The molecule has 2 aliphatic carbocycles. The lowest BCUT2D eigenvalue weighted by molar-refractivity contribution is -0.190. The summed E-state index contributed by atoms with van der Waals surface area (Å²) >= 11 is 0. The van der Waals surface area contributed by atoms with E-state index in [1.165, 1.54) is 6.07 Å². The molecular formula is C30H42BFO7. The van der Waals surface area contributed by atoms with Crippen molar-refractivity contribution < 1.29 is 38.2 Å². The van der Waals surface area contributed by atoms with E-state index in [2.05, 4.69) is 27.4 Å². The van der Waals surface area contributed by atoms with E-state index < -0.39 is 48.5 Å². The highest BCUT2D eigenvalue weighted by Crippen LogP contribution is 2.62. The minimum absolute atomic E-state index is 0.0242. The fraction of sp³-hybridized carbons (Fsp3) is 0.667. The molecule has 4 rings (SSSR count). The third-order valence-corrected chi connectivity index (χ3v) is 10.3. The molecule has 0 unspecified atom stereocenters. The molecule has 1 aromatic carbocycles. The Morgan fingerprint density at radius 1 is 1.31 bits per heavy atom. The highest BCUT2D eigenvalue weighted by atomic mass is 19.1. The van der Waals surface area contributed by atoms with Gasteiger partial charge in [0.15, 0.2) is 18.2 Å². The zero-order valence-corrected chi connectivity index (χ0v) is 23.8. The van der Waals surface area contributed by atoms with E-state index >= 15 is 0 Å². The predicted octanol–water partition coefficient (Wildman–Crippen LogP) is 4.11. The fourth-order valence-corrected chi connectivity index (χ4v) is 7.28. The van der Waals surface area contributed by atoms with Crippen molar-refractivity contribution in [2.45, 2.75) is 92.0 Å². The van der Waals surface area contributed by atoms with Crippen LogP contribution in [0.2, 0.25) is 0 Å². The second kappa shape index (κ2) is 11.0. The van der Waals surface area contributed by atoms with Gasteiger partial charge in [-0.3, -0.25) is 0 Å². The molecule has 1 aliphatic heterocycles. The normalized spacial score (nSPS) is 35.9. The van der Waals surface area contributed by atoms with Crippen LogP contribution in [0.25, 0.3) is 0 Å². The zero-order chi connectivity index (χ0) is 28.8. The standard InChI is InChI=1S/C30H42BFO7/c1-7-28(5)14-23(39-24(34)16-37-22-9-8-21-15-38-31(36)25(21)26(22)32)29(6)17-30(12-10-18(29)2,13-11-19(3)33)20(4)27(28)35/h7-9,18,20,23,27,35-36H,1,10-17H2,2-6H3/t18-,20+,23-,27+,28-,29+,30-/m1/s1. The minimum atomic E-state index is -1.37. The first kappa shape index (κ1) is 29.8. The van der Waals surface area contributed by atoms with Crippen LogP contribution in [-0.4, -0.2) is 47.8 Å². The number of ketones is 1. The third-order valence-electron chi connectivity index (χ3n) is 10.3. The smallest absolute Gasteiger partial charge is 0.479 e. The molecule has 39 heavy (non-hydrogen) atoms. The van der Waals surface area contributed by atoms with Gasteiger partial charge in [0.05, 0.1) is 12.7 Å². The van der Waals surface area contributed by atoms with Gasteiger partial charge in [0, 0.05) is 22.7 Å². The summed E-state index contributed by atoms with van der Waals surface area (Å²) in [6.07, 6.45) is 4.48. The first-order chi connectivity index (χ1) is 18.3. The molecule has 0 amide bonds. The van der Waals surface area contributed by atoms with E-state index in [9.17, 15) is 24.1 Å². The Morgan fingerprint density at radius 2 is 2.03 bits per heavy atom. The lowest BCUT2D eigenvalue weighted by atomic mass is 9.47. The molecular weight excluding hydrogens is 502 g/mol. The molecule has 0 saturated heterocycles. The molecule has 2 bridgehead atoms. The Morgan fingerprint density at radius 3 is 2.69 bits per heavy atom. The molecule has 1 aromatic rings. The summed E-state index contributed by atoms with van der Waals surface area (Å²) in [5, 5.41) is 21.5. The van der Waals surface area contributed by atoms with Crippen molar-refractivity contribution in [2.24, 2.45) is 28.1 Å². The lowest BCUT2D eigenvalue weighted by Gasteiger charge is -2.60. The SMILES string of the molecule is C=C[C@]1(C)C[C@@H](OC(=O)COc2ccc3c(c2F)B(O)OC3)[C@@]2(C)C[C@](CCC(C)=O)(CC[C@H]2C)[C@@H](C)[C@@H]1O. The van der Waals surface area contributed by atoms with Gasteiger partial charge in [-0.25, -0.2) is 9.18 Å². The Labute approximate surface area is 231 Å². The number of esters is 1. The average molecular weight is 544 g/mol. The monoisotopic (exact) mass is 544 g/mol. The summed E-state index contributed by atoms with van der Waals surface area (Å²) in [6, 6.07) is 3.02. The number of aliphatic hydroxyl groups is 1. The van der Waals surface area contributed by atoms with Crippen LogP contribution in [0, 0.1) is 33.9 Å². The number of carbonyl (C=O) groups is 2. The number of rotatable bonds is 8. The fourth-order valence-electron chi connectivity index (χ4n) is 7.28. The summed E-state index contributed by atoms with van der Waals surface area (Å²) in [7, 11) is -1.37.